The summed E-state index contributed by atoms with van der Waals surface area (Å²) in [5, 5.41) is 12.2. The van der Waals surface area contributed by atoms with Gasteiger partial charge in [0.1, 0.15) is 0 Å². The van der Waals surface area contributed by atoms with Crippen LogP contribution in [0.3, 0.4) is 0 Å². The van der Waals surface area contributed by atoms with Crippen LogP contribution in [0.1, 0.15) is 45.4 Å². The molecule has 1 amide bonds. The van der Waals surface area contributed by atoms with Crippen molar-refractivity contribution < 1.29 is 14.7 Å². The number of hydrogen-bond acceptors (Lipinski definition) is 4. The predicted molar refractivity (Wildman–Crippen MR) is 103 cm³/mol. The fourth-order valence-corrected chi connectivity index (χ4v) is 5.42. The summed E-state index contributed by atoms with van der Waals surface area (Å²) in [5.74, 6) is -0.628. The van der Waals surface area contributed by atoms with Crippen LogP contribution in [0.5, 0.6) is 0 Å². The standard InChI is InChI=1S/C20H28N2O3S/c1-2-22(14-18(23)24)16-12-15(13-16)21-19(25)20(10-6-7-11-20)26-17-8-4-3-5-9-17/h3-5,8-9,15-16H,2,6-7,10-14H2,1H3,(H,21,25)(H,23,24). The molecule has 2 aliphatic rings. The largest absolute Gasteiger partial charge is 0.480 e. The molecule has 0 aliphatic heterocycles. The van der Waals surface area contributed by atoms with E-state index in [0.29, 0.717) is 0 Å². The first-order chi connectivity index (χ1) is 12.5. The van der Waals surface area contributed by atoms with Gasteiger partial charge in [0.05, 0.1) is 11.3 Å². The quantitative estimate of drug-likeness (QED) is 0.729. The molecular formula is C20H28N2O3S. The summed E-state index contributed by atoms with van der Waals surface area (Å²) in [4.78, 5) is 27.1. The molecule has 6 heteroatoms. The summed E-state index contributed by atoms with van der Waals surface area (Å²) in [6.07, 6.45) is 5.74. The highest BCUT2D eigenvalue weighted by molar-refractivity contribution is 8.01. The number of carbonyl (C=O) groups excluding carboxylic acids is 1. The van der Waals surface area contributed by atoms with E-state index in [-0.39, 0.29) is 29.3 Å². The molecular weight excluding hydrogens is 348 g/mol. The Balaban J connectivity index is 1.56. The first-order valence-corrected chi connectivity index (χ1v) is 10.3. The van der Waals surface area contributed by atoms with Crippen LogP contribution < -0.4 is 5.32 Å². The summed E-state index contributed by atoms with van der Waals surface area (Å²) < 4.78 is -0.349. The van der Waals surface area contributed by atoms with Crippen molar-refractivity contribution in [3.05, 3.63) is 30.3 Å². The SMILES string of the molecule is CCN(CC(=O)O)C1CC(NC(=O)C2(Sc3ccccc3)CCCC2)C1. The van der Waals surface area contributed by atoms with Crippen molar-refractivity contribution in [3.63, 3.8) is 0 Å². The number of hydrogen-bond donors (Lipinski definition) is 2. The van der Waals surface area contributed by atoms with Gasteiger partial charge in [-0.1, -0.05) is 38.0 Å². The number of nitrogens with zero attached hydrogens (tertiary/aromatic N) is 1. The molecule has 2 N–H and O–H groups in total. The molecule has 0 unspecified atom stereocenters. The van der Waals surface area contributed by atoms with Crippen LogP contribution in [0.2, 0.25) is 0 Å². The number of benzene rings is 1. The lowest BCUT2D eigenvalue weighted by atomic mass is 9.85. The van der Waals surface area contributed by atoms with E-state index in [1.165, 1.54) is 0 Å². The van der Waals surface area contributed by atoms with Gasteiger partial charge in [0.25, 0.3) is 0 Å². The normalized spacial score (nSPS) is 24.2. The molecule has 0 radical (unpaired) electrons. The predicted octanol–water partition coefficient (Wildman–Crippen LogP) is 3.15. The minimum absolute atomic E-state index is 0.0790. The Morgan fingerprint density at radius 2 is 1.88 bits per heavy atom. The van der Waals surface area contributed by atoms with Gasteiger partial charge in [0, 0.05) is 17.0 Å². The summed E-state index contributed by atoms with van der Waals surface area (Å²) in [7, 11) is 0. The summed E-state index contributed by atoms with van der Waals surface area (Å²) in [6.45, 7) is 2.79. The number of carbonyl (C=O) groups is 2. The van der Waals surface area contributed by atoms with E-state index in [2.05, 4.69) is 17.4 Å². The van der Waals surface area contributed by atoms with Crippen molar-refractivity contribution in [2.45, 2.75) is 67.2 Å². The topological polar surface area (TPSA) is 69.6 Å². The van der Waals surface area contributed by atoms with Gasteiger partial charge in [-0.25, -0.2) is 0 Å². The van der Waals surface area contributed by atoms with E-state index in [1.54, 1.807) is 11.8 Å². The highest BCUT2D eigenvalue weighted by atomic mass is 32.2. The molecule has 5 nitrogen and oxygen atoms in total. The summed E-state index contributed by atoms with van der Waals surface area (Å²) in [5.41, 5.74) is 0. The van der Waals surface area contributed by atoms with Crippen LogP contribution >= 0.6 is 11.8 Å². The molecule has 1 aromatic carbocycles. The lowest BCUT2D eigenvalue weighted by molar-refractivity contribution is -0.140. The van der Waals surface area contributed by atoms with Crippen molar-refractivity contribution in [1.82, 2.24) is 10.2 Å². The second-order valence-electron chi connectivity index (χ2n) is 7.37. The molecule has 0 atom stereocenters. The maximum absolute atomic E-state index is 13.1. The highest BCUT2D eigenvalue weighted by Gasteiger charge is 2.44. The molecule has 2 saturated carbocycles. The number of thioether (sulfide) groups is 1. The maximum atomic E-state index is 13.1. The number of carboxylic acids is 1. The molecule has 3 rings (SSSR count). The Hall–Kier alpha value is -1.53. The molecule has 142 valence electrons. The van der Waals surface area contributed by atoms with Crippen molar-refractivity contribution in [1.29, 1.82) is 0 Å². The molecule has 0 saturated heterocycles. The molecule has 0 aromatic heterocycles. The Kier molecular flexibility index (Phi) is 6.24. The van der Waals surface area contributed by atoms with Crippen LogP contribution in [0.25, 0.3) is 0 Å². The van der Waals surface area contributed by atoms with Gasteiger partial charge < -0.3 is 10.4 Å². The van der Waals surface area contributed by atoms with Crippen LogP contribution in [0, 0.1) is 0 Å². The third-order valence-corrected chi connectivity index (χ3v) is 7.08. The Morgan fingerprint density at radius 1 is 1.23 bits per heavy atom. The maximum Gasteiger partial charge on any atom is 0.317 e. The number of amides is 1. The summed E-state index contributed by atoms with van der Waals surface area (Å²) in [6, 6.07) is 10.6. The lowest BCUT2D eigenvalue weighted by Crippen LogP contribution is -2.57. The monoisotopic (exact) mass is 376 g/mol. The fourth-order valence-electron chi connectivity index (χ4n) is 4.03. The molecule has 2 aliphatic carbocycles. The molecule has 1 aromatic rings. The number of nitrogens with one attached hydrogen (secondary N) is 1. The van der Waals surface area contributed by atoms with E-state index >= 15 is 0 Å². The molecule has 0 spiro atoms. The number of likely N-dealkylation sites (N-methyl/N-ethyl adjacent to an activating group) is 1. The molecule has 0 bridgehead atoms. The van der Waals surface area contributed by atoms with Gasteiger partial charge >= 0.3 is 5.97 Å². The number of aliphatic carboxylic acids is 1. The Bertz CT molecular complexity index is 625. The van der Waals surface area contributed by atoms with Gasteiger partial charge in [0.15, 0.2) is 0 Å². The van der Waals surface area contributed by atoms with Crippen molar-refractivity contribution in [3.8, 4) is 0 Å². The fraction of sp³-hybridized carbons (Fsp3) is 0.600. The van der Waals surface area contributed by atoms with Crippen LogP contribution in [0.4, 0.5) is 0 Å². The molecule has 26 heavy (non-hydrogen) atoms. The minimum Gasteiger partial charge on any atom is -0.480 e. The minimum atomic E-state index is -0.788. The van der Waals surface area contributed by atoms with Crippen LogP contribution in [-0.4, -0.2) is 51.8 Å². The van der Waals surface area contributed by atoms with E-state index in [4.69, 9.17) is 5.11 Å². The third-order valence-electron chi connectivity index (χ3n) is 5.59. The molecule has 2 fully saturated rings. The lowest BCUT2D eigenvalue weighted by Gasteiger charge is -2.43. The van der Waals surface area contributed by atoms with E-state index in [0.717, 1.165) is 50.0 Å². The summed E-state index contributed by atoms with van der Waals surface area (Å²) >= 11 is 1.70. The number of rotatable bonds is 8. The zero-order valence-electron chi connectivity index (χ0n) is 15.3. The van der Waals surface area contributed by atoms with Crippen LogP contribution in [-0.2, 0) is 9.59 Å². The first kappa shape index (κ1) is 19.2. The first-order valence-electron chi connectivity index (χ1n) is 9.53. The number of carboxylic acid groups (broad SMARTS) is 1. The van der Waals surface area contributed by atoms with Crippen molar-refractivity contribution in [2.75, 3.05) is 13.1 Å². The average molecular weight is 377 g/mol. The second kappa shape index (κ2) is 8.44. The van der Waals surface area contributed by atoms with Crippen molar-refractivity contribution in [2.24, 2.45) is 0 Å². The zero-order chi connectivity index (χ0) is 18.6. The van der Waals surface area contributed by atoms with Gasteiger partial charge in [-0.3, -0.25) is 14.5 Å². The van der Waals surface area contributed by atoms with Gasteiger partial charge in [0.2, 0.25) is 5.91 Å². The van der Waals surface area contributed by atoms with Crippen molar-refractivity contribution >= 4 is 23.6 Å². The van der Waals surface area contributed by atoms with E-state index in [9.17, 15) is 9.59 Å². The third kappa shape index (κ3) is 4.41. The Morgan fingerprint density at radius 3 is 2.46 bits per heavy atom. The van der Waals surface area contributed by atoms with E-state index < -0.39 is 5.97 Å². The Labute approximate surface area is 159 Å². The molecule has 0 heterocycles. The van der Waals surface area contributed by atoms with E-state index in [1.807, 2.05) is 30.0 Å². The zero-order valence-corrected chi connectivity index (χ0v) is 16.1. The second-order valence-corrected chi connectivity index (χ2v) is 8.83. The smallest absolute Gasteiger partial charge is 0.317 e. The average Bonchev–Trinajstić information content (AvgIpc) is 3.06. The van der Waals surface area contributed by atoms with Crippen LogP contribution in [0.15, 0.2) is 35.2 Å². The highest BCUT2D eigenvalue weighted by Crippen LogP contribution is 2.45. The van der Waals surface area contributed by atoms with Gasteiger partial charge in [-0.2, -0.15) is 0 Å². The van der Waals surface area contributed by atoms with Gasteiger partial charge in [-0.15, -0.1) is 11.8 Å². The van der Waals surface area contributed by atoms with Gasteiger partial charge in [-0.05, 0) is 44.4 Å².